The molecule has 25 heavy (non-hydrogen) atoms. The van der Waals surface area contributed by atoms with Gasteiger partial charge >= 0.3 is 5.97 Å². The summed E-state index contributed by atoms with van der Waals surface area (Å²) < 4.78 is 34.2. The first-order valence-electron chi connectivity index (χ1n) is 7.69. The Morgan fingerprint density at radius 3 is 2.64 bits per heavy atom. The van der Waals surface area contributed by atoms with Crippen molar-refractivity contribution in [1.82, 2.24) is 0 Å². The van der Waals surface area contributed by atoms with Crippen LogP contribution in [0.2, 0.25) is 0 Å². The molecule has 0 saturated heterocycles. The Morgan fingerprint density at radius 1 is 1.16 bits per heavy atom. The molecule has 7 heteroatoms. The Balaban J connectivity index is 2.13. The standard InChI is InChI=1S/C18H16N2O4S/c1-3-24-18(21)17-16(14-9-4-5-10-15(14)19-17)20-25(22,23)13-8-6-7-12(2)11-13/h4-11H,3H2,1-2H3/b20-16+. The lowest BCUT2D eigenvalue weighted by Gasteiger charge is -2.05. The van der Waals surface area contributed by atoms with Gasteiger partial charge in [0.25, 0.3) is 10.0 Å². The number of esters is 1. The lowest BCUT2D eigenvalue weighted by Crippen LogP contribution is -2.25. The van der Waals surface area contributed by atoms with Crippen molar-refractivity contribution in [3.05, 3.63) is 59.7 Å². The number of fused-ring (bicyclic) bond motifs is 1. The van der Waals surface area contributed by atoms with E-state index in [2.05, 4.69) is 9.39 Å². The second-order valence-electron chi connectivity index (χ2n) is 5.43. The number of sulfonamides is 1. The molecule has 0 unspecified atom stereocenters. The molecule has 0 amide bonds. The summed E-state index contributed by atoms with van der Waals surface area (Å²) >= 11 is 0. The van der Waals surface area contributed by atoms with E-state index in [0.29, 0.717) is 11.3 Å². The van der Waals surface area contributed by atoms with Crippen molar-refractivity contribution in [2.45, 2.75) is 18.7 Å². The van der Waals surface area contributed by atoms with Crippen molar-refractivity contribution in [2.75, 3.05) is 6.61 Å². The third kappa shape index (κ3) is 3.36. The van der Waals surface area contributed by atoms with E-state index >= 15 is 0 Å². The zero-order valence-electron chi connectivity index (χ0n) is 13.8. The Kier molecular flexibility index (Phi) is 4.50. The third-order valence-electron chi connectivity index (χ3n) is 3.58. The zero-order valence-corrected chi connectivity index (χ0v) is 14.6. The highest BCUT2D eigenvalue weighted by atomic mass is 32.2. The van der Waals surface area contributed by atoms with Crippen molar-refractivity contribution < 1.29 is 17.9 Å². The SMILES string of the molecule is CCOC(=O)C1=Nc2ccccc2/C1=N\S(=O)(=O)c1cccc(C)c1. The summed E-state index contributed by atoms with van der Waals surface area (Å²) in [6.07, 6.45) is 0. The van der Waals surface area contributed by atoms with Gasteiger partial charge in [-0.1, -0.05) is 30.3 Å². The number of aryl methyl sites for hydroxylation is 1. The van der Waals surface area contributed by atoms with E-state index in [1.807, 2.05) is 0 Å². The Hall–Kier alpha value is -2.80. The van der Waals surface area contributed by atoms with E-state index in [9.17, 15) is 13.2 Å². The van der Waals surface area contributed by atoms with Crippen molar-refractivity contribution in [1.29, 1.82) is 0 Å². The van der Waals surface area contributed by atoms with E-state index in [1.165, 1.54) is 12.1 Å². The molecule has 0 fully saturated rings. The monoisotopic (exact) mass is 356 g/mol. The van der Waals surface area contributed by atoms with Crippen LogP contribution in [0.4, 0.5) is 5.69 Å². The quantitative estimate of drug-likeness (QED) is 0.789. The van der Waals surface area contributed by atoms with E-state index in [4.69, 9.17) is 4.74 Å². The van der Waals surface area contributed by atoms with Crippen molar-refractivity contribution >= 4 is 33.1 Å². The molecule has 0 aliphatic carbocycles. The average molecular weight is 356 g/mol. The molecule has 0 N–H and O–H groups in total. The molecule has 128 valence electrons. The fourth-order valence-electron chi connectivity index (χ4n) is 2.46. The number of hydrogen-bond donors (Lipinski definition) is 0. The molecule has 0 bridgehead atoms. The summed E-state index contributed by atoms with van der Waals surface area (Å²) in [6.45, 7) is 3.62. The number of nitrogens with zero attached hydrogens (tertiary/aromatic N) is 2. The zero-order chi connectivity index (χ0) is 18.0. The van der Waals surface area contributed by atoms with Crippen LogP contribution in [0, 0.1) is 6.92 Å². The minimum atomic E-state index is -3.99. The number of benzene rings is 2. The maximum atomic E-state index is 12.7. The smallest absolute Gasteiger partial charge is 0.359 e. The predicted octanol–water partition coefficient (Wildman–Crippen LogP) is 2.82. The summed E-state index contributed by atoms with van der Waals surface area (Å²) in [7, 11) is -3.99. The summed E-state index contributed by atoms with van der Waals surface area (Å²) in [6, 6.07) is 13.3. The molecule has 1 aliphatic rings. The molecule has 0 saturated carbocycles. The Bertz CT molecular complexity index is 1010. The van der Waals surface area contributed by atoms with Crippen LogP contribution in [0.1, 0.15) is 18.1 Å². The molecule has 0 radical (unpaired) electrons. The van der Waals surface area contributed by atoms with E-state index in [0.717, 1.165) is 5.56 Å². The number of aliphatic imine (C=N–C) groups is 1. The summed E-state index contributed by atoms with van der Waals surface area (Å²) in [5.74, 6) is -0.697. The fourth-order valence-corrected chi connectivity index (χ4v) is 3.57. The molecular formula is C18H16N2O4S. The van der Waals surface area contributed by atoms with Crippen LogP contribution in [-0.4, -0.2) is 32.4 Å². The topological polar surface area (TPSA) is 85.2 Å². The summed E-state index contributed by atoms with van der Waals surface area (Å²) in [5, 5.41) is 0. The van der Waals surface area contributed by atoms with Gasteiger partial charge in [0, 0.05) is 5.56 Å². The van der Waals surface area contributed by atoms with Gasteiger partial charge in [-0.25, -0.2) is 9.79 Å². The van der Waals surface area contributed by atoms with Crippen LogP contribution in [0.25, 0.3) is 0 Å². The first kappa shape index (κ1) is 17.0. The lowest BCUT2D eigenvalue weighted by atomic mass is 10.1. The minimum absolute atomic E-state index is 0.00977. The molecular weight excluding hydrogens is 340 g/mol. The second-order valence-corrected chi connectivity index (χ2v) is 7.03. The Morgan fingerprint density at radius 2 is 1.92 bits per heavy atom. The molecule has 0 atom stereocenters. The fraction of sp³-hybridized carbons (Fsp3) is 0.167. The normalized spacial score (nSPS) is 15.0. The third-order valence-corrected chi connectivity index (χ3v) is 4.86. The van der Waals surface area contributed by atoms with Gasteiger partial charge in [-0.15, -0.1) is 0 Å². The highest BCUT2D eigenvalue weighted by Crippen LogP contribution is 2.28. The van der Waals surface area contributed by atoms with Crippen LogP contribution in [0.15, 0.2) is 62.8 Å². The molecule has 1 heterocycles. The molecule has 2 aromatic carbocycles. The molecule has 1 aliphatic heterocycles. The molecule has 6 nitrogen and oxygen atoms in total. The maximum Gasteiger partial charge on any atom is 0.359 e. The van der Waals surface area contributed by atoms with Gasteiger partial charge in [-0.05, 0) is 37.6 Å². The molecule has 0 spiro atoms. The second kappa shape index (κ2) is 6.60. The van der Waals surface area contributed by atoms with Crippen LogP contribution < -0.4 is 0 Å². The van der Waals surface area contributed by atoms with Gasteiger partial charge < -0.3 is 4.74 Å². The first-order valence-corrected chi connectivity index (χ1v) is 9.13. The highest BCUT2D eigenvalue weighted by molar-refractivity contribution is 7.90. The number of hydrogen-bond acceptors (Lipinski definition) is 5. The summed E-state index contributed by atoms with van der Waals surface area (Å²) in [5.41, 5.74) is 1.69. The van der Waals surface area contributed by atoms with Gasteiger partial charge in [-0.2, -0.15) is 12.8 Å². The van der Waals surface area contributed by atoms with Gasteiger partial charge in [-0.3, -0.25) is 0 Å². The number of carbonyl (C=O) groups excluding carboxylic acids is 1. The number of para-hydroxylation sites is 1. The summed E-state index contributed by atoms with van der Waals surface area (Å²) in [4.78, 5) is 16.4. The maximum absolute atomic E-state index is 12.7. The van der Waals surface area contributed by atoms with Crippen molar-refractivity contribution in [2.24, 2.45) is 9.39 Å². The van der Waals surface area contributed by atoms with E-state index in [1.54, 1.807) is 50.2 Å². The highest BCUT2D eigenvalue weighted by Gasteiger charge is 2.31. The lowest BCUT2D eigenvalue weighted by molar-refractivity contribution is -0.134. The predicted molar refractivity (Wildman–Crippen MR) is 95.1 cm³/mol. The van der Waals surface area contributed by atoms with E-state index < -0.39 is 16.0 Å². The van der Waals surface area contributed by atoms with Crippen molar-refractivity contribution in [3.8, 4) is 0 Å². The van der Waals surface area contributed by atoms with E-state index in [-0.39, 0.29) is 22.9 Å². The molecule has 2 aromatic rings. The van der Waals surface area contributed by atoms with Gasteiger partial charge in [0.05, 0.1) is 17.2 Å². The molecule has 3 rings (SSSR count). The van der Waals surface area contributed by atoms with Crippen LogP contribution in [0.3, 0.4) is 0 Å². The first-order chi connectivity index (χ1) is 11.9. The molecule has 0 aromatic heterocycles. The van der Waals surface area contributed by atoms with Crippen LogP contribution in [0.5, 0.6) is 0 Å². The Labute approximate surface area is 145 Å². The average Bonchev–Trinajstić information content (AvgIpc) is 2.93. The van der Waals surface area contributed by atoms with Crippen LogP contribution >= 0.6 is 0 Å². The van der Waals surface area contributed by atoms with Gasteiger partial charge in [0.2, 0.25) is 0 Å². The minimum Gasteiger partial charge on any atom is -0.461 e. The number of rotatable bonds is 4. The number of carbonyl (C=O) groups is 1. The van der Waals surface area contributed by atoms with Gasteiger partial charge in [0.1, 0.15) is 5.71 Å². The van der Waals surface area contributed by atoms with Crippen LogP contribution in [-0.2, 0) is 19.6 Å². The largest absolute Gasteiger partial charge is 0.461 e. The van der Waals surface area contributed by atoms with Gasteiger partial charge in [0.15, 0.2) is 5.71 Å². The number of ether oxygens (including phenoxy) is 1. The van der Waals surface area contributed by atoms with Crippen molar-refractivity contribution in [3.63, 3.8) is 0 Å².